The van der Waals surface area contributed by atoms with Crippen LogP contribution in [-0.4, -0.2) is 90.1 Å². The molecular weight excluding hydrogens is 444 g/mol. The molecule has 0 unspecified atom stereocenters. The van der Waals surface area contributed by atoms with Crippen LogP contribution in [0.3, 0.4) is 0 Å². The first-order chi connectivity index (χ1) is 15.6. The van der Waals surface area contributed by atoms with Gasteiger partial charge in [-0.25, -0.2) is 0 Å². The van der Waals surface area contributed by atoms with E-state index in [2.05, 4.69) is 0 Å². The zero-order valence-corrected chi connectivity index (χ0v) is 16.8. The summed E-state index contributed by atoms with van der Waals surface area (Å²) in [4.78, 5) is 13.3. The molecule has 4 rings (SSSR count). The number of rotatable bonds is 4. The quantitative estimate of drug-likeness (QED) is 0.256. The molecule has 0 spiro atoms. The van der Waals surface area contributed by atoms with Crippen molar-refractivity contribution >= 4 is 5.78 Å². The van der Waals surface area contributed by atoms with Crippen LogP contribution in [0, 0.1) is 0 Å². The van der Waals surface area contributed by atoms with Crippen molar-refractivity contribution in [3.63, 3.8) is 0 Å². The van der Waals surface area contributed by atoms with Gasteiger partial charge in [0.15, 0.2) is 30.0 Å². The van der Waals surface area contributed by atoms with Crippen LogP contribution in [0.25, 0.3) is 0 Å². The summed E-state index contributed by atoms with van der Waals surface area (Å²) in [5.74, 6) is -3.00. The molecule has 0 aromatic heterocycles. The Hall–Kier alpha value is -3.13. The van der Waals surface area contributed by atoms with Crippen LogP contribution < -0.4 is 4.74 Å². The standard InChI is InChI=1S/C21H22O12/c22-6-13-15(27)17(29)18(30)21(32-13)33-20-16(28)14-11(26)4-8(23)5-12(14)31-19(20)7-1-2-9(24)10(25)3-7/h1-5,13,15,17-27,29-30H,6H2/t13-,15-,17+,18-,19+,20+,21+/m1/s1. The maximum atomic E-state index is 13.3. The van der Waals surface area contributed by atoms with Crippen LogP contribution >= 0.6 is 0 Å². The Labute approximate surface area is 186 Å². The van der Waals surface area contributed by atoms with Crippen molar-refractivity contribution in [3.8, 4) is 28.7 Å². The normalized spacial score (nSPS) is 31.6. The van der Waals surface area contributed by atoms with Crippen molar-refractivity contribution < 1.29 is 59.9 Å². The number of hydrogen-bond acceptors (Lipinski definition) is 12. The maximum absolute atomic E-state index is 13.3. The zero-order chi connectivity index (χ0) is 24.0. The van der Waals surface area contributed by atoms with Crippen molar-refractivity contribution in [1.82, 2.24) is 0 Å². The third kappa shape index (κ3) is 4.04. The minimum atomic E-state index is -1.82. The number of aliphatic hydroxyl groups is 4. The van der Waals surface area contributed by atoms with Crippen molar-refractivity contribution in [2.24, 2.45) is 0 Å². The monoisotopic (exact) mass is 466 g/mol. The minimum Gasteiger partial charge on any atom is -0.508 e. The van der Waals surface area contributed by atoms with Crippen LogP contribution in [-0.2, 0) is 9.47 Å². The third-order valence-corrected chi connectivity index (χ3v) is 5.56. The van der Waals surface area contributed by atoms with Gasteiger partial charge in [0.2, 0.25) is 5.78 Å². The summed E-state index contributed by atoms with van der Waals surface area (Å²) in [5, 5.41) is 79.2. The molecule has 2 aromatic carbocycles. The van der Waals surface area contributed by atoms with Crippen molar-refractivity contribution in [2.45, 2.75) is 42.9 Å². The van der Waals surface area contributed by atoms with Gasteiger partial charge in [-0.1, -0.05) is 6.07 Å². The first-order valence-corrected chi connectivity index (χ1v) is 9.87. The van der Waals surface area contributed by atoms with Crippen LogP contribution in [0.2, 0.25) is 0 Å². The molecule has 33 heavy (non-hydrogen) atoms. The number of fused-ring (bicyclic) bond motifs is 1. The molecular formula is C21H22O12. The molecule has 2 aliphatic heterocycles. The fourth-order valence-corrected chi connectivity index (χ4v) is 3.82. The van der Waals surface area contributed by atoms with Gasteiger partial charge in [-0.3, -0.25) is 4.79 Å². The molecule has 1 fully saturated rings. The number of aromatic hydroxyl groups is 4. The summed E-state index contributed by atoms with van der Waals surface area (Å²) in [7, 11) is 0. The molecule has 0 radical (unpaired) electrons. The molecule has 2 aromatic rings. The average molecular weight is 466 g/mol. The molecule has 7 atom stereocenters. The first-order valence-electron chi connectivity index (χ1n) is 9.87. The lowest BCUT2D eigenvalue weighted by Gasteiger charge is -2.42. The van der Waals surface area contributed by atoms with Crippen molar-refractivity contribution in [3.05, 3.63) is 41.5 Å². The molecule has 2 heterocycles. The summed E-state index contributed by atoms with van der Waals surface area (Å²) >= 11 is 0. The van der Waals surface area contributed by atoms with Gasteiger partial charge < -0.3 is 55.1 Å². The highest BCUT2D eigenvalue weighted by atomic mass is 16.7. The highest BCUT2D eigenvalue weighted by molar-refractivity contribution is 6.05. The lowest BCUT2D eigenvalue weighted by atomic mass is 9.92. The van der Waals surface area contributed by atoms with Crippen molar-refractivity contribution in [1.29, 1.82) is 0 Å². The summed E-state index contributed by atoms with van der Waals surface area (Å²) in [6, 6.07) is 5.57. The highest BCUT2D eigenvalue weighted by Gasteiger charge is 2.49. The van der Waals surface area contributed by atoms with Gasteiger partial charge in [-0.05, 0) is 17.7 Å². The second-order valence-electron chi connectivity index (χ2n) is 7.74. The van der Waals surface area contributed by atoms with E-state index < -0.39 is 72.6 Å². The van der Waals surface area contributed by atoms with Gasteiger partial charge in [-0.2, -0.15) is 0 Å². The zero-order valence-electron chi connectivity index (χ0n) is 16.8. The number of aliphatic hydroxyl groups excluding tert-OH is 4. The Morgan fingerprint density at radius 3 is 2.27 bits per heavy atom. The molecule has 0 amide bonds. The predicted molar refractivity (Wildman–Crippen MR) is 106 cm³/mol. The Balaban J connectivity index is 1.75. The molecule has 1 saturated heterocycles. The number of phenols is 4. The largest absolute Gasteiger partial charge is 0.508 e. The van der Waals surface area contributed by atoms with Gasteiger partial charge >= 0.3 is 0 Å². The number of Topliss-reactive ketones (excluding diaryl/α,β-unsaturated/α-hetero) is 1. The summed E-state index contributed by atoms with van der Waals surface area (Å²) in [6.45, 7) is -0.724. The van der Waals surface area contributed by atoms with Crippen LogP contribution in [0.15, 0.2) is 30.3 Å². The topological polar surface area (TPSA) is 207 Å². The number of ether oxygens (including phenoxy) is 3. The lowest BCUT2D eigenvalue weighted by Crippen LogP contribution is -2.60. The Bertz CT molecular complexity index is 1050. The summed E-state index contributed by atoms with van der Waals surface area (Å²) < 4.78 is 16.7. The smallest absolute Gasteiger partial charge is 0.203 e. The molecule has 12 heteroatoms. The van der Waals surface area contributed by atoms with Gasteiger partial charge in [0.05, 0.1) is 6.61 Å². The molecule has 178 valence electrons. The van der Waals surface area contributed by atoms with E-state index in [0.29, 0.717) is 0 Å². The van der Waals surface area contributed by atoms with E-state index in [-0.39, 0.29) is 22.6 Å². The van der Waals surface area contributed by atoms with Crippen LogP contribution in [0.5, 0.6) is 28.7 Å². The van der Waals surface area contributed by atoms with E-state index in [1.54, 1.807) is 0 Å². The number of ketones is 1. The molecule has 12 nitrogen and oxygen atoms in total. The number of carbonyl (C=O) groups excluding carboxylic acids is 1. The minimum absolute atomic E-state index is 0.140. The summed E-state index contributed by atoms with van der Waals surface area (Å²) in [6.07, 6.45) is -11.2. The summed E-state index contributed by atoms with van der Waals surface area (Å²) in [5.41, 5.74) is -0.191. The number of phenolic OH excluding ortho intramolecular Hbond substituents is 4. The van der Waals surface area contributed by atoms with Gasteiger partial charge in [0.1, 0.15) is 47.2 Å². The van der Waals surface area contributed by atoms with Crippen molar-refractivity contribution in [2.75, 3.05) is 6.61 Å². The molecule has 8 N–H and O–H groups in total. The molecule has 2 aliphatic rings. The second kappa shape index (κ2) is 8.67. The fourth-order valence-electron chi connectivity index (χ4n) is 3.82. The second-order valence-corrected chi connectivity index (χ2v) is 7.74. The number of hydrogen-bond donors (Lipinski definition) is 8. The Morgan fingerprint density at radius 2 is 1.61 bits per heavy atom. The van der Waals surface area contributed by atoms with Crippen LogP contribution in [0.4, 0.5) is 0 Å². The van der Waals surface area contributed by atoms with E-state index >= 15 is 0 Å². The molecule has 0 aliphatic carbocycles. The highest BCUT2D eigenvalue weighted by Crippen LogP contribution is 2.44. The lowest BCUT2D eigenvalue weighted by molar-refractivity contribution is -0.311. The Kier molecular flexibility index (Phi) is 6.05. The number of benzene rings is 2. The Morgan fingerprint density at radius 1 is 0.879 bits per heavy atom. The van der Waals surface area contributed by atoms with Crippen LogP contribution in [0.1, 0.15) is 22.0 Å². The fraction of sp³-hybridized carbons (Fsp3) is 0.381. The first kappa shape index (κ1) is 23.0. The van der Waals surface area contributed by atoms with Gasteiger partial charge in [-0.15, -0.1) is 0 Å². The SMILES string of the molecule is O=C1c2c(O)cc(O)cc2O[C@@H](c2ccc(O)c(O)c2)[C@H]1O[C@@H]1O[C@H](CO)[C@@H](O)[C@H](O)[C@H]1O. The molecule has 0 saturated carbocycles. The average Bonchev–Trinajstić information content (AvgIpc) is 2.76. The van der Waals surface area contributed by atoms with E-state index in [0.717, 1.165) is 24.3 Å². The van der Waals surface area contributed by atoms with E-state index in [9.17, 15) is 45.6 Å². The maximum Gasteiger partial charge on any atom is 0.203 e. The van der Waals surface area contributed by atoms with E-state index in [1.807, 2.05) is 0 Å². The van der Waals surface area contributed by atoms with E-state index in [1.165, 1.54) is 6.07 Å². The van der Waals surface area contributed by atoms with Gasteiger partial charge in [0, 0.05) is 12.1 Å². The number of carbonyl (C=O) groups is 1. The molecule has 0 bridgehead atoms. The predicted octanol–water partition coefficient (Wildman–Crippen LogP) is -0.990. The van der Waals surface area contributed by atoms with E-state index in [4.69, 9.17) is 14.2 Å². The van der Waals surface area contributed by atoms with Gasteiger partial charge in [0.25, 0.3) is 0 Å². The third-order valence-electron chi connectivity index (χ3n) is 5.56.